The van der Waals surface area contributed by atoms with Gasteiger partial charge in [-0.2, -0.15) is 0 Å². The molecular weight excluding hydrogens is 357 g/mol. The molecule has 0 atom stereocenters. The number of fused-ring (bicyclic) bond motifs is 1. The molecule has 6 heteroatoms. The molecule has 2 aromatic carbocycles. The first-order valence-corrected chi connectivity index (χ1v) is 8.80. The van der Waals surface area contributed by atoms with Crippen molar-refractivity contribution < 1.29 is 13.9 Å². The Bertz CT molecular complexity index is 952. The zero-order chi connectivity index (χ0) is 17.4. The number of carbonyl (C=O) groups is 1. The molecule has 1 saturated heterocycles. The van der Waals surface area contributed by atoms with Crippen molar-refractivity contribution in [1.29, 1.82) is 0 Å². The number of nitrogens with zero attached hydrogens (tertiary/aromatic N) is 1. The van der Waals surface area contributed by atoms with E-state index in [1.54, 1.807) is 18.2 Å². The summed E-state index contributed by atoms with van der Waals surface area (Å²) in [7, 11) is 0. The predicted octanol–water partition coefficient (Wildman–Crippen LogP) is 4.55. The number of anilines is 1. The summed E-state index contributed by atoms with van der Waals surface area (Å²) in [6.07, 6.45) is 3.78. The number of halogens is 1. The Morgan fingerprint density at radius 2 is 2.04 bits per heavy atom. The SMILES string of the molecule is O=C1/C(=C\C2=Cc3ccccc3OC2)SC(=S)N1c1cccc(F)c1. The van der Waals surface area contributed by atoms with Gasteiger partial charge in [-0.05, 0) is 42.0 Å². The van der Waals surface area contributed by atoms with Gasteiger partial charge in [0.05, 0.1) is 10.6 Å². The van der Waals surface area contributed by atoms with Gasteiger partial charge in [0, 0.05) is 5.56 Å². The van der Waals surface area contributed by atoms with E-state index < -0.39 is 5.82 Å². The Labute approximate surface area is 153 Å². The van der Waals surface area contributed by atoms with Crippen LogP contribution < -0.4 is 9.64 Å². The number of rotatable bonds is 2. The first-order chi connectivity index (χ1) is 12.1. The molecule has 0 bridgehead atoms. The van der Waals surface area contributed by atoms with Crippen LogP contribution in [0.5, 0.6) is 5.75 Å². The molecule has 124 valence electrons. The number of hydrogen-bond donors (Lipinski definition) is 0. The van der Waals surface area contributed by atoms with Crippen LogP contribution >= 0.6 is 24.0 Å². The zero-order valence-electron chi connectivity index (χ0n) is 12.9. The van der Waals surface area contributed by atoms with E-state index in [2.05, 4.69) is 0 Å². The third kappa shape index (κ3) is 3.10. The number of para-hydroxylation sites is 1. The fourth-order valence-electron chi connectivity index (χ4n) is 2.69. The normalized spacial score (nSPS) is 18.2. The van der Waals surface area contributed by atoms with Crippen molar-refractivity contribution in [3.8, 4) is 5.75 Å². The van der Waals surface area contributed by atoms with Crippen LogP contribution in [0, 0.1) is 5.82 Å². The standard InChI is InChI=1S/C19H12FNO2S2/c20-14-5-3-6-15(10-14)21-18(22)17(25-19(21)24)9-12-8-13-4-1-2-7-16(13)23-11-12/h1-10H,11H2/b17-9+. The quantitative estimate of drug-likeness (QED) is 0.574. The summed E-state index contributed by atoms with van der Waals surface area (Å²) in [6.45, 7) is 0.390. The van der Waals surface area contributed by atoms with Crippen LogP contribution in [0.3, 0.4) is 0 Å². The summed E-state index contributed by atoms with van der Waals surface area (Å²) in [5, 5.41) is 0. The summed E-state index contributed by atoms with van der Waals surface area (Å²) >= 11 is 6.51. The highest BCUT2D eigenvalue weighted by molar-refractivity contribution is 8.27. The molecule has 3 nitrogen and oxygen atoms in total. The maximum Gasteiger partial charge on any atom is 0.270 e. The van der Waals surface area contributed by atoms with Gasteiger partial charge in [0.1, 0.15) is 18.2 Å². The van der Waals surface area contributed by atoms with Crippen molar-refractivity contribution in [3.05, 3.63) is 76.5 Å². The number of thiocarbonyl (C=S) groups is 1. The van der Waals surface area contributed by atoms with Crippen molar-refractivity contribution in [1.82, 2.24) is 0 Å². The topological polar surface area (TPSA) is 29.5 Å². The molecule has 0 spiro atoms. The van der Waals surface area contributed by atoms with Crippen LogP contribution in [-0.2, 0) is 4.79 Å². The molecule has 0 radical (unpaired) electrons. The van der Waals surface area contributed by atoms with Gasteiger partial charge < -0.3 is 4.74 Å². The lowest BCUT2D eigenvalue weighted by molar-refractivity contribution is -0.113. The second-order valence-corrected chi connectivity index (χ2v) is 7.22. The van der Waals surface area contributed by atoms with Crippen LogP contribution in [0.25, 0.3) is 6.08 Å². The Morgan fingerprint density at radius 3 is 2.88 bits per heavy atom. The minimum absolute atomic E-state index is 0.250. The van der Waals surface area contributed by atoms with Gasteiger partial charge >= 0.3 is 0 Å². The van der Waals surface area contributed by atoms with E-state index in [9.17, 15) is 9.18 Å². The summed E-state index contributed by atoms with van der Waals surface area (Å²) in [5.41, 5.74) is 2.30. The van der Waals surface area contributed by atoms with Gasteiger partial charge in [-0.3, -0.25) is 9.69 Å². The molecule has 0 aromatic heterocycles. The van der Waals surface area contributed by atoms with Crippen molar-refractivity contribution >= 4 is 46.0 Å². The maximum atomic E-state index is 13.5. The molecule has 0 saturated carbocycles. The first kappa shape index (κ1) is 16.1. The molecule has 4 rings (SSSR count). The third-order valence-electron chi connectivity index (χ3n) is 3.83. The summed E-state index contributed by atoms with van der Waals surface area (Å²) < 4.78 is 19.6. The largest absolute Gasteiger partial charge is 0.488 e. The van der Waals surface area contributed by atoms with E-state index >= 15 is 0 Å². The predicted molar refractivity (Wildman–Crippen MR) is 102 cm³/mol. The average Bonchev–Trinajstić information content (AvgIpc) is 2.88. The Morgan fingerprint density at radius 1 is 1.20 bits per heavy atom. The fraction of sp³-hybridized carbons (Fsp3) is 0.0526. The molecule has 25 heavy (non-hydrogen) atoms. The molecule has 1 amide bonds. The molecule has 2 aliphatic rings. The Hall–Kier alpha value is -2.44. The summed E-state index contributed by atoms with van der Waals surface area (Å²) in [5.74, 6) is 0.169. The molecule has 2 aliphatic heterocycles. The molecule has 2 heterocycles. The average molecular weight is 369 g/mol. The van der Waals surface area contributed by atoms with Gasteiger partial charge in [0.2, 0.25) is 0 Å². The second kappa shape index (κ2) is 6.46. The minimum atomic E-state index is -0.407. The molecule has 0 unspecified atom stereocenters. The number of benzene rings is 2. The monoisotopic (exact) mass is 369 g/mol. The van der Waals surface area contributed by atoms with Gasteiger partial charge in [0.15, 0.2) is 4.32 Å². The smallest absolute Gasteiger partial charge is 0.270 e. The van der Waals surface area contributed by atoms with Gasteiger partial charge in [0.25, 0.3) is 5.91 Å². The lowest BCUT2D eigenvalue weighted by atomic mass is 10.1. The highest BCUT2D eigenvalue weighted by atomic mass is 32.2. The fourth-order valence-corrected chi connectivity index (χ4v) is 4.01. The lowest BCUT2D eigenvalue weighted by Gasteiger charge is -2.16. The second-order valence-electron chi connectivity index (χ2n) is 5.54. The summed E-state index contributed by atoms with van der Waals surface area (Å²) in [4.78, 5) is 14.6. The maximum absolute atomic E-state index is 13.5. The molecular formula is C19H12FNO2S2. The van der Waals surface area contributed by atoms with Crippen LogP contribution in [-0.4, -0.2) is 16.8 Å². The molecule has 0 aliphatic carbocycles. The lowest BCUT2D eigenvalue weighted by Crippen LogP contribution is -2.27. The number of ether oxygens (including phenoxy) is 1. The van der Waals surface area contributed by atoms with Crippen LogP contribution in [0.4, 0.5) is 10.1 Å². The van der Waals surface area contributed by atoms with Gasteiger partial charge in [-0.15, -0.1) is 0 Å². The number of amides is 1. The first-order valence-electron chi connectivity index (χ1n) is 7.58. The Kier molecular flexibility index (Phi) is 4.15. The van der Waals surface area contributed by atoms with Crippen molar-refractivity contribution in [2.45, 2.75) is 0 Å². The van der Waals surface area contributed by atoms with Gasteiger partial charge in [-0.1, -0.05) is 48.2 Å². The van der Waals surface area contributed by atoms with E-state index in [4.69, 9.17) is 17.0 Å². The van der Waals surface area contributed by atoms with Crippen LogP contribution in [0.15, 0.2) is 65.1 Å². The molecule has 1 fully saturated rings. The molecule has 0 N–H and O–H groups in total. The van der Waals surface area contributed by atoms with E-state index in [1.807, 2.05) is 30.3 Å². The van der Waals surface area contributed by atoms with Crippen molar-refractivity contribution in [3.63, 3.8) is 0 Å². The van der Waals surface area contributed by atoms with Gasteiger partial charge in [-0.25, -0.2) is 4.39 Å². The third-order valence-corrected chi connectivity index (χ3v) is 5.13. The van der Waals surface area contributed by atoms with E-state index in [0.29, 0.717) is 21.5 Å². The number of hydrogen-bond acceptors (Lipinski definition) is 4. The number of carbonyl (C=O) groups excluding carboxylic acids is 1. The van der Waals surface area contributed by atoms with Crippen LogP contribution in [0.1, 0.15) is 5.56 Å². The minimum Gasteiger partial charge on any atom is -0.488 e. The number of thioether (sulfide) groups is 1. The Balaban J connectivity index is 1.64. The van der Waals surface area contributed by atoms with E-state index in [0.717, 1.165) is 16.9 Å². The molecule has 2 aromatic rings. The van der Waals surface area contributed by atoms with E-state index in [1.165, 1.54) is 28.8 Å². The summed E-state index contributed by atoms with van der Waals surface area (Å²) in [6, 6.07) is 13.6. The highest BCUT2D eigenvalue weighted by Crippen LogP contribution is 2.36. The zero-order valence-corrected chi connectivity index (χ0v) is 14.6. The van der Waals surface area contributed by atoms with Crippen molar-refractivity contribution in [2.24, 2.45) is 0 Å². The highest BCUT2D eigenvalue weighted by Gasteiger charge is 2.33. The van der Waals surface area contributed by atoms with E-state index in [-0.39, 0.29) is 5.91 Å². The van der Waals surface area contributed by atoms with Crippen molar-refractivity contribution in [2.75, 3.05) is 11.5 Å². The van der Waals surface area contributed by atoms with Crippen LogP contribution in [0.2, 0.25) is 0 Å².